The third kappa shape index (κ3) is 6.86. The molecule has 0 spiro atoms. The summed E-state index contributed by atoms with van der Waals surface area (Å²) in [6.07, 6.45) is 6.50. The van der Waals surface area contributed by atoms with Gasteiger partial charge in [0.1, 0.15) is 5.75 Å². The second-order valence-corrected chi connectivity index (χ2v) is 10.3. The molecule has 4 rings (SSSR count). The zero-order valence-electron chi connectivity index (χ0n) is 23.3. The second kappa shape index (κ2) is 13.6. The molecule has 0 saturated heterocycles. The Morgan fingerprint density at radius 2 is 1.97 bits per heavy atom. The highest BCUT2D eigenvalue weighted by atomic mass is 35.5. The highest BCUT2D eigenvalue weighted by Crippen LogP contribution is 2.37. The van der Waals surface area contributed by atoms with Crippen molar-refractivity contribution < 1.29 is 14.3 Å². The van der Waals surface area contributed by atoms with Crippen molar-refractivity contribution in [3.8, 4) is 22.8 Å². The molecule has 7 heteroatoms. The number of methoxy groups -OCH3 is 1. The van der Waals surface area contributed by atoms with E-state index in [4.69, 9.17) is 26.8 Å². The highest BCUT2D eigenvalue weighted by Gasteiger charge is 2.30. The lowest BCUT2D eigenvalue weighted by molar-refractivity contribution is -0.118. The molecule has 0 fully saturated rings. The van der Waals surface area contributed by atoms with Gasteiger partial charge >= 0.3 is 0 Å². The van der Waals surface area contributed by atoms with Gasteiger partial charge in [0.25, 0.3) is 0 Å². The summed E-state index contributed by atoms with van der Waals surface area (Å²) >= 11 is 6.16. The van der Waals surface area contributed by atoms with E-state index in [0.29, 0.717) is 30.0 Å². The molecule has 1 unspecified atom stereocenters. The van der Waals surface area contributed by atoms with Crippen LogP contribution < -0.4 is 15.2 Å². The van der Waals surface area contributed by atoms with Crippen molar-refractivity contribution >= 4 is 23.0 Å². The SMILES string of the molecule is C/C=C(/C(=O)C1COc2ccc(Cl)cc2C1)c1ccc(-c2cn[nH]c2OC)cc1C(C)C.CCC(N)CC. The molecular weight excluding hydrogens is 498 g/mol. The van der Waals surface area contributed by atoms with Crippen molar-refractivity contribution in [2.75, 3.05) is 13.7 Å². The molecule has 2 heterocycles. The lowest BCUT2D eigenvalue weighted by Crippen LogP contribution is -2.29. The normalized spacial score (nSPS) is 15.0. The smallest absolute Gasteiger partial charge is 0.216 e. The number of benzene rings is 2. The molecule has 1 aliphatic heterocycles. The van der Waals surface area contributed by atoms with Gasteiger partial charge in [0.2, 0.25) is 5.88 Å². The van der Waals surface area contributed by atoms with Gasteiger partial charge in [0.15, 0.2) is 5.78 Å². The number of ketones is 1. The Kier molecular flexibility index (Phi) is 10.6. The van der Waals surface area contributed by atoms with Crippen LogP contribution in [0.25, 0.3) is 16.7 Å². The standard InChI is InChI=1S/C26H27ClN2O3.C5H13N/c1-5-20(25(30)18-10-17-11-19(27)7-9-24(17)32-14-18)21-8-6-16(12-22(21)15(2)3)23-13-28-29-26(23)31-4;1-3-5(6)4-2/h5-9,11-13,15,18H,10,14H2,1-4H3,(H,28,29);5H,3-4,6H2,1-2H3/b20-5+;. The number of carbonyl (C=O) groups is 1. The molecule has 38 heavy (non-hydrogen) atoms. The molecule has 3 aromatic rings. The third-order valence-corrected chi connectivity index (χ3v) is 7.22. The monoisotopic (exact) mass is 537 g/mol. The topological polar surface area (TPSA) is 90.2 Å². The summed E-state index contributed by atoms with van der Waals surface area (Å²) in [5, 5.41) is 7.61. The first-order chi connectivity index (χ1) is 18.2. The number of rotatable bonds is 8. The number of hydrogen-bond acceptors (Lipinski definition) is 5. The number of carbonyl (C=O) groups excluding carboxylic acids is 1. The summed E-state index contributed by atoms with van der Waals surface area (Å²) in [4.78, 5) is 13.6. The van der Waals surface area contributed by atoms with E-state index >= 15 is 0 Å². The lowest BCUT2D eigenvalue weighted by atomic mass is 9.83. The maximum atomic E-state index is 13.6. The van der Waals surface area contributed by atoms with Gasteiger partial charge in [-0.3, -0.25) is 4.79 Å². The molecule has 6 nitrogen and oxygen atoms in total. The molecule has 204 valence electrons. The maximum Gasteiger partial charge on any atom is 0.216 e. The predicted molar refractivity (Wildman–Crippen MR) is 156 cm³/mol. The Labute approximate surface area is 231 Å². The molecule has 2 aromatic carbocycles. The molecule has 1 aromatic heterocycles. The van der Waals surface area contributed by atoms with Gasteiger partial charge in [-0.1, -0.05) is 63.6 Å². The molecule has 0 saturated carbocycles. The van der Waals surface area contributed by atoms with Gasteiger partial charge in [0.05, 0.1) is 31.4 Å². The first kappa shape index (κ1) is 29.5. The van der Waals surface area contributed by atoms with Crippen molar-refractivity contribution in [2.24, 2.45) is 11.7 Å². The largest absolute Gasteiger partial charge is 0.493 e. The number of nitrogens with two attached hydrogens (primary N) is 1. The van der Waals surface area contributed by atoms with Crippen LogP contribution in [0.2, 0.25) is 5.02 Å². The van der Waals surface area contributed by atoms with Crippen LogP contribution >= 0.6 is 11.6 Å². The van der Waals surface area contributed by atoms with Crippen LogP contribution in [0.1, 0.15) is 70.1 Å². The fraction of sp³-hybridized carbons (Fsp3) is 0.419. The van der Waals surface area contributed by atoms with Gasteiger partial charge < -0.3 is 15.2 Å². The van der Waals surface area contributed by atoms with Crippen molar-refractivity contribution in [2.45, 2.75) is 65.8 Å². The van der Waals surface area contributed by atoms with Crippen LogP contribution in [-0.2, 0) is 11.2 Å². The minimum Gasteiger partial charge on any atom is -0.493 e. The summed E-state index contributed by atoms with van der Waals surface area (Å²) in [6, 6.07) is 12.2. The Balaban J connectivity index is 0.000000599. The van der Waals surface area contributed by atoms with Crippen molar-refractivity contribution in [3.63, 3.8) is 0 Å². The molecule has 0 aliphatic carbocycles. The van der Waals surface area contributed by atoms with E-state index in [1.807, 2.05) is 43.3 Å². The van der Waals surface area contributed by atoms with Gasteiger partial charge in [-0.25, -0.2) is 5.10 Å². The quantitative estimate of drug-likeness (QED) is 0.296. The highest BCUT2D eigenvalue weighted by molar-refractivity contribution is 6.30. The zero-order chi connectivity index (χ0) is 27.8. The number of H-pyrrole nitrogens is 1. The molecule has 3 N–H and O–H groups in total. The Morgan fingerprint density at radius 3 is 2.58 bits per heavy atom. The van der Waals surface area contributed by atoms with Crippen molar-refractivity contribution in [1.82, 2.24) is 10.2 Å². The second-order valence-electron chi connectivity index (χ2n) is 9.88. The average molecular weight is 538 g/mol. The third-order valence-electron chi connectivity index (χ3n) is 6.99. The molecule has 0 amide bonds. The minimum atomic E-state index is -0.249. The van der Waals surface area contributed by atoms with Gasteiger partial charge in [-0.05, 0) is 72.6 Å². The van der Waals surface area contributed by atoms with Crippen LogP contribution in [0.3, 0.4) is 0 Å². The van der Waals surface area contributed by atoms with Crippen LogP contribution in [0.4, 0.5) is 0 Å². The Morgan fingerprint density at radius 1 is 1.24 bits per heavy atom. The van der Waals surface area contributed by atoms with E-state index in [9.17, 15) is 4.79 Å². The average Bonchev–Trinajstić information content (AvgIpc) is 3.42. The number of aromatic amines is 1. The first-order valence-electron chi connectivity index (χ1n) is 13.3. The summed E-state index contributed by atoms with van der Waals surface area (Å²) in [7, 11) is 1.61. The van der Waals surface area contributed by atoms with E-state index in [0.717, 1.165) is 52.0 Å². The van der Waals surface area contributed by atoms with Crippen molar-refractivity contribution in [3.05, 3.63) is 70.4 Å². The number of aromatic nitrogens is 2. The molecule has 1 atom stereocenters. The molecule has 1 aliphatic rings. The number of halogens is 1. The number of ether oxygens (including phenoxy) is 2. The summed E-state index contributed by atoms with van der Waals surface area (Å²) in [6.45, 7) is 10.8. The number of nitrogens with zero attached hydrogens (tertiary/aromatic N) is 1. The fourth-order valence-electron chi connectivity index (χ4n) is 4.56. The number of nitrogens with one attached hydrogen (secondary N) is 1. The molecule has 0 bridgehead atoms. The summed E-state index contributed by atoms with van der Waals surface area (Å²) < 4.78 is 11.3. The zero-order valence-corrected chi connectivity index (χ0v) is 24.1. The number of fused-ring (bicyclic) bond motifs is 1. The van der Waals surface area contributed by atoms with Gasteiger partial charge in [-0.15, -0.1) is 0 Å². The molecular formula is C31H40ClN3O3. The minimum absolute atomic E-state index is 0.0914. The van der Waals surface area contributed by atoms with Crippen LogP contribution in [0, 0.1) is 5.92 Å². The summed E-state index contributed by atoms with van der Waals surface area (Å²) in [5.41, 5.74) is 11.1. The van der Waals surface area contributed by atoms with E-state index in [-0.39, 0.29) is 17.6 Å². The van der Waals surface area contributed by atoms with Crippen LogP contribution in [0.5, 0.6) is 11.6 Å². The number of hydrogen-bond donors (Lipinski definition) is 2. The number of allylic oxidation sites excluding steroid dienone is 2. The van der Waals surface area contributed by atoms with E-state index in [2.05, 4.69) is 44.0 Å². The summed E-state index contributed by atoms with van der Waals surface area (Å²) in [5.74, 6) is 1.50. The van der Waals surface area contributed by atoms with E-state index in [1.54, 1.807) is 13.3 Å². The lowest BCUT2D eigenvalue weighted by Gasteiger charge is -2.26. The first-order valence-corrected chi connectivity index (χ1v) is 13.7. The van der Waals surface area contributed by atoms with Crippen molar-refractivity contribution in [1.29, 1.82) is 0 Å². The van der Waals surface area contributed by atoms with E-state index < -0.39 is 0 Å². The Hall–Kier alpha value is -3.09. The molecule has 0 radical (unpaired) electrons. The van der Waals surface area contributed by atoms with Crippen LogP contribution in [0.15, 0.2) is 48.7 Å². The number of Topliss-reactive ketones (excluding diaryl/α,β-unsaturated/α-hetero) is 1. The maximum absolute atomic E-state index is 13.6. The Bertz CT molecular complexity index is 1260. The van der Waals surface area contributed by atoms with Crippen LogP contribution in [-0.4, -0.2) is 35.7 Å². The van der Waals surface area contributed by atoms with Gasteiger partial charge in [-0.2, -0.15) is 5.10 Å². The van der Waals surface area contributed by atoms with Gasteiger partial charge in [0, 0.05) is 16.6 Å². The predicted octanol–water partition coefficient (Wildman–Crippen LogP) is 7.22. The van der Waals surface area contributed by atoms with E-state index in [1.165, 1.54) is 0 Å². The fourth-order valence-corrected chi connectivity index (χ4v) is 4.75.